The van der Waals surface area contributed by atoms with Crippen molar-refractivity contribution in [2.24, 2.45) is 0 Å². The first-order valence-electron chi connectivity index (χ1n) is 9.04. The van der Waals surface area contributed by atoms with Crippen molar-refractivity contribution in [3.05, 3.63) is 36.0 Å². The van der Waals surface area contributed by atoms with Gasteiger partial charge in [-0.05, 0) is 44.9 Å². The monoisotopic (exact) mass is 357 g/mol. The second-order valence-corrected chi connectivity index (χ2v) is 7.82. The molecule has 5 nitrogen and oxygen atoms in total. The van der Waals surface area contributed by atoms with Crippen LogP contribution < -0.4 is 10.1 Å². The molecule has 2 aliphatic heterocycles. The number of halogens is 1. The van der Waals surface area contributed by atoms with E-state index in [0.717, 1.165) is 17.7 Å². The lowest BCUT2D eigenvalue weighted by Crippen LogP contribution is -2.56. The molecule has 1 aromatic heterocycles. The third-order valence-corrected chi connectivity index (χ3v) is 5.57. The Balaban J connectivity index is 1.90. The van der Waals surface area contributed by atoms with Gasteiger partial charge >= 0.3 is 0 Å². The fraction of sp³-hybridized carbons (Fsp3) is 0.500. The van der Waals surface area contributed by atoms with Crippen LogP contribution in [0.3, 0.4) is 0 Å². The Morgan fingerprint density at radius 1 is 1.31 bits per heavy atom. The molecule has 1 aromatic carbocycles. The SMILES string of the molecule is CCOc1ncncc1-c1cc2c(cc1F)NC(C)(C)C1OCCC21C. The third-order valence-electron chi connectivity index (χ3n) is 5.57. The number of nitrogens with zero attached hydrogens (tertiary/aromatic N) is 2. The van der Waals surface area contributed by atoms with Crippen LogP contribution in [0.2, 0.25) is 0 Å². The van der Waals surface area contributed by atoms with Gasteiger partial charge in [0.15, 0.2) is 0 Å². The molecule has 0 amide bonds. The fourth-order valence-electron chi connectivity index (χ4n) is 4.51. The summed E-state index contributed by atoms with van der Waals surface area (Å²) in [5, 5.41) is 3.46. The molecule has 2 aromatic rings. The van der Waals surface area contributed by atoms with Crippen molar-refractivity contribution in [1.82, 2.24) is 9.97 Å². The first-order valence-corrected chi connectivity index (χ1v) is 9.04. The second kappa shape index (κ2) is 5.91. The van der Waals surface area contributed by atoms with E-state index in [1.54, 1.807) is 12.3 Å². The average Bonchev–Trinajstić information content (AvgIpc) is 2.99. The zero-order valence-electron chi connectivity index (χ0n) is 15.6. The molecule has 26 heavy (non-hydrogen) atoms. The highest BCUT2D eigenvalue weighted by Gasteiger charge is 2.53. The summed E-state index contributed by atoms with van der Waals surface area (Å²) in [6.07, 6.45) is 3.95. The van der Waals surface area contributed by atoms with E-state index < -0.39 is 0 Å². The standard InChI is InChI=1S/C20H24FN3O2/c1-5-25-17-13(10-22-11-23-17)12-8-14-16(9-15(12)21)24-19(2,3)18-20(14,4)6-7-26-18/h8-11,18,24H,5-7H2,1-4H3. The Morgan fingerprint density at radius 2 is 2.12 bits per heavy atom. The Kier molecular flexibility index (Phi) is 3.91. The van der Waals surface area contributed by atoms with Crippen LogP contribution in [0, 0.1) is 5.82 Å². The summed E-state index contributed by atoms with van der Waals surface area (Å²) in [5.74, 6) is 0.0820. The van der Waals surface area contributed by atoms with E-state index >= 15 is 4.39 Å². The van der Waals surface area contributed by atoms with Crippen LogP contribution in [0.5, 0.6) is 5.88 Å². The van der Waals surface area contributed by atoms with Crippen molar-refractivity contribution in [1.29, 1.82) is 0 Å². The highest BCUT2D eigenvalue weighted by Crippen LogP contribution is 2.51. The van der Waals surface area contributed by atoms with Crippen molar-refractivity contribution in [2.45, 2.75) is 51.2 Å². The van der Waals surface area contributed by atoms with Gasteiger partial charge in [0.2, 0.25) is 5.88 Å². The van der Waals surface area contributed by atoms with E-state index in [9.17, 15) is 0 Å². The molecule has 2 aliphatic rings. The number of hydrogen-bond acceptors (Lipinski definition) is 5. The average molecular weight is 357 g/mol. The molecule has 2 atom stereocenters. The predicted octanol–water partition coefficient (Wildman–Crippen LogP) is 3.93. The highest BCUT2D eigenvalue weighted by atomic mass is 19.1. The van der Waals surface area contributed by atoms with Gasteiger partial charge in [-0.25, -0.2) is 14.4 Å². The quantitative estimate of drug-likeness (QED) is 0.902. The highest BCUT2D eigenvalue weighted by molar-refractivity contribution is 5.74. The third kappa shape index (κ3) is 2.47. The summed E-state index contributed by atoms with van der Waals surface area (Å²) in [6, 6.07) is 3.49. The molecule has 138 valence electrons. The number of nitrogens with one attached hydrogen (secondary N) is 1. The number of aromatic nitrogens is 2. The first-order chi connectivity index (χ1) is 12.4. The van der Waals surface area contributed by atoms with Crippen molar-refractivity contribution >= 4 is 5.69 Å². The van der Waals surface area contributed by atoms with Crippen LogP contribution in [-0.4, -0.2) is 34.8 Å². The lowest BCUT2D eigenvalue weighted by molar-refractivity contribution is 0.0352. The summed E-state index contributed by atoms with van der Waals surface area (Å²) >= 11 is 0. The molecule has 0 bridgehead atoms. The minimum absolute atomic E-state index is 0.0270. The number of ether oxygens (including phenoxy) is 2. The zero-order valence-corrected chi connectivity index (χ0v) is 15.6. The fourth-order valence-corrected chi connectivity index (χ4v) is 4.51. The zero-order chi connectivity index (χ0) is 18.5. The van der Waals surface area contributed by atoms with Crippen molar-refractivity contribution < 1.29 is 13.9 Å². The molecule has 3 heterocycles. The summed E-state index contributed by atoms with van der Waals surface area (Å²) in [6.45, 7) is 9.46. The molecular formula is C20H24FN3O2. The Morgan fingerprint density at radius 3 is 2.88 bits per heavy atom. The summed E-state index contributed by atoms with van der Waals surface area (Å²) in [7, 11) is 0. The van der Waals surface area contributed by atoms with Crippen molar-refractivity contribution in [2.75, 3.05) is 18.5 Å². The molecule has 2 unspecified atom stereocenters. The maximum Gasteiger partial charge on any atom is 0.224 e. The number of hydrogen-bond donors (Lipinski definition) is 1. The van der Waals surface area contributed by atoms with Gasteiger partial charge in [-0.15, -0.1) is 0 Å². The van der Waals surface area contributed by atoms with E-state index in [4.69, 9.17) is 9.47 Å². The Bertz CT molecular complexity index is 855. The van der Waals surface area contributed by atoms with Gasteiger partial charge in [0, 0.05) is 29.5 Å². The Hall–Kier alpha value is -2.21. The number of benzene rings is 1. The molecule has 1 fully saturated rings. The van der Waals surface area contributed by atoms with Gasteiger partial charge in [0.1, 0.15) is 12.1 Å². The van der Waals surface area contributed by atoms with Crippen LogP contribution in [0.25, 0.3) is 11.1 Å². The molecule has 6 heteroatoms. The van der Waals surface area contributed by atoms with Crippen molar-refractivity contribution in [3.63, 3.8) is 0 Å². The van der Waals surface area contributed by atoms with Crippen LogP contribution in [0.1, 0.15) is 39.7 Å². The summed E-state index contributed by atoms with van der Waals surface area (Å²) in [4.78, 5) is 8.23. The van der Waals surface area contributed by atoms with Crippen LogP contribution >= 0.6 is 0 Å². The van der Waals surface area contributed by atoms with Crippen LogP contribution in [0.4, 0.5) is 10.1 Å². The molecule has 0 aliphatic carbocycles. The Labute approximate surface area is 153 Å². The molecule has 0 saturated carbocycles. The smallest absolute Gasteiger partial charge is 0.224 e. The van der Waals surface area contributed by atoms with E-state index in [1.807, 2.05) is 13.0 Å². The van der Waals surface area contributed by atoms with Crippen LogP contribution in [0.15, 0.2) is 24.7 Å². The molecule has 0 radical (unpaired) electrons. The van der Waals surface area contributed by atoms with Crippen molar-refractivity contribution in [3.8, 4) is 17.0 Å². The lowest BCUT2D eigenvalue weighted by atomic mass is 9.66. The lowest BCUT2D eigenvalue weighted by Gasteiger charge is -2.48. The summed E-state index contributed by atoms with van der Waals surface area (Å²) in [5.41, 5.74) is 2.49. The first kappa shape index (κ1) is 17.2. The summed E-state index contributed by atoms with van der Waals surface area (Å²) < 4.78 is 26.7. The normalized spacial score (nSPS) is 26.0. The van der Waals surface area contributed by atoms with Gasteiger partial charge in [0.05, 0.1) is 23.8 Å². The van der Waals surface area contributed by atoms with E-state index in [2.05, 4.69) is 36.1 Å². The maximum atomic E-state index is 15.0. The van der Waals surface area contributed by atoms with Gasteiger partial charge < -0.3 is 14.8 Å². The molecular weight excluding hydrogens is 333 g/mol. The maximum absolute atomic E-state index is 15.0. The van der Waals surface area contributed by atoms with Gasteiger partial charge in [-0.1, -0.05) is 6.92 Å². The second-order valence-electron chi connectivity index (χ2n) is 7.82. The van der Waals surface area contributed by atoms with Gasteiger partial charge in [-0.2, -0.15) is 0 Å². The number of fused-ring (bicyclic) bond motifs is 3. The molecule has 0 spiro atoms. The van der Waals surface area contributed by atoms with Gasteiger partial charge in [-0.3, -0.25) is 0 Å². The van der Waals surface area contributed by atoms with Gasteiger partial charge in [0.25, 0.3) is 0 Å². The largest absolute Gasteiger partial charge is 0.477 e. The molecule has 1 N–H and O–H groups in total. The molecule has 1 saturated heterocycles. The van der Waals surface area contributed by atoms with E-state index in [1.165, 1.54) is 6.33 Å². The van der Waals surface area contributed by atoms with E-state index in [-0.39, 0.29) is 22.9 Å². The topological polar surface area (TPSA) is 56.3 Å². The van der Waals surface area contributed by atoms with Crippen LogP contribution in [-0.2, 0) is 10.2 Å². The van der Waals surface area contributed by atoms with E-state index in [0.29, 0.717) is 30.2 Å². The minimum atomic E-state index is -0.316. The molecule has 4 rings (SSSR count). The minimum Gasteiger partial charge on any atom is -0.477 e. The predicted molar refractivity (Wildman–Crippen MR) is 98.0 cm³/mol. The number of rotatable bonds is 3. The number of anilines is 1.